The van der Waals surface area contributed by atoms with Gasteiger partial charge < -0.3 is 4.90 Å². The zero-order valence-corrected chi connectivity index (χ0v) is 12.7. The maximum atomic E-state index is 11.7. The number of hydrogen-bond acceptors (Lipinski definition) is 5. The fourth-order valence-corrected chi connectivity index (χ4v) is 2.80. The van der Waals surface area contributed by atoms with Gasteiger partial charge in [-0.1, -0.05) is 6.07 Å². The third-order valence-corrected chi connectivity index (χ3v) is 4.19. The predicted molar refractivity (Wildman–Crippen MR) is 84.4 cm³/mol. The molecule has 0 bridgehead atoms. The first-order valence-electron chi connectivity index (χ1n) is 6.52. The zero-order valence-electron chi connectivity index (χ0n) is 11.9. The van der Waals surface area contributed by atoms with Gasteiger partial charge in [0.15, 0.2) is 5.78 Å². The minimum atomic E-state index is -0.484. The number of rotatable bonds is 6. The van der Waals surface area contributed by atoms with E-state index >= 15 is 0 Å². The van der Waals surface area contributed by atoms with Crippen LogP contribution in [0.4, 0.5) is 11.4 Å². The number of Topliss-reactive ketones (excluding diaryl/α,β-unsaturated/α-hetero) is 1. The number of thiophene rings is 1. The highest BCUT2D eigenvalue weighted by molar-refractivity contribution is 7.09. The Hall–Kier alpha value is -2.21. The molecule has 1 aromatic carbocycles. The van der Waals surface area contributed by atoms with Crippen LogP contribution in [0, 0.1) is 10.1 Å². The first-order valence-corrected chi connectivity index (χ1v) is 7.40. The van der Waals surface area contributed by atoms with E-state index in [0.29, 0.717) is 5.56 Å². The van der Waals surface area contributed by atoms with Crippen molar-refractivity contribution in [3.8, 4) is 0 Å². The molecule has 0 aliphatic carbocycles. The van der Waals surface area contributed by atoms with Crippen LogP contribution in [0.15, 0.2) is 35.7 Å². The lowest BCUT2D eigenvalue weighted by atomic mass is 10.1. The summed E-state index contributed by atoms with van der Waals surface area (Å²) in [5.74, 6) is -0.170. The normalized spacial score (nSPS) is 10.4. The van der Waals surface area contributed by atoms with Gasteiger partial charge in [0, 0.05) is 41.9 Å². The van der Waals surface area contributed by atoms with Gasteiger partial charge in [-0.05, 0) is 30.9 Å². The summed E-state index contributed by atoms with van der Waals surface area (Å²) in [6, 6.07) is 8.50. The lowest BCUT2D eigenvalue weighted by Gasteiger charge is -2.21. The molecule has 1 aromatic heterocycles. The van der Waals surface area contributed by atoms with Crippen LogP contribution in [0.2, 0.25) is 0 Å². The first-order chi connectivity index (χ1) is 9.99. The van der Waals surface area contributed by atoms with Gasteiger partial charge >= 0.3 is 0 Å². The van der Waals surface area contributed by atoms with Crippen molar-refractivity contribution in [2.75, 3.05) is 18.5 Å². The number of nitro groups is 1. The molecule has 0 aliphatic rings. The van der Waals surface area contributed by atoms with Gasteiger partial charge in [-0.3, -0.25) is 14.9 Å². The maximum absolute atomic E-state index is 11.7. The molecule has 1 heterocycles. The summed E-state index contributed by atoms with van der Waals surface area (Å²) in [4.78, 5) is 25.3. The van der Waals surface area contributed by atoms with Gasteiger partial charge in [-0.15, -0.1) is 11.3 Å². The Bertz CT molecular complexity index is 653. The minimum Gasteiger partial charge on any atom is -0.374 e. The van der Waals surface area contributed by atoms with Crippen LogP contribution in [-0.2, 0) is 6.42 Å². The fourth-order valence-electron chi connectivity index (χ4n) is 2.11. The molecule has 0 radical (unpaired) electrons. The third kappa shape index (κ3) is 3.66. The number of ketones is 1. The summed E-state index contributed by atoms with van der Waals surface area (Å²) in [6.45, 7) is 2.17. The summed E-state index contributed by atoms with van der Waals surface area (Å²) in [6.07, 6.45) is 0.877. The van der Waals surface area contributed by atoms with E-state index in [1.165, 1.54) is 23.9 Å². The monoisotopic (exact) mass is 304 g/mol. The van der Waals surface area contributed by atoms with Gasteiger partial charge in [-0.25, -0.2) is 0 Å². The Morgan fingerprint density at radius 3 is 2.71 bits per heavy atom. The lowest BCUT2D eigenvalue weighted by molar-refractivity contribution is -0.384. The van der Waals surface area contributed by atoms with E-state index in [4.69, 9.17) is 0 Å². The quantitative estimate of drug-likeness (QED) is 0.465. The van der Waals surface area contributed by atoms with Crippen LogP contribution >= 0.6 is 11.3 Å². The average molecular weight is 304 g/mol. The molecular weight excluding hydrogens is 288 g/mol. The highest BCUT2D eigenvalue weighted by atomic mass is 32.1. The molecule has 5 nitrogen and oxygen atoms in total. The molecule has 0 unspecified atom stereocenters. The molecule has 0 amide bonds. The van der Waals surface area contributed by atoms with Crippen LogP contribution in [0.1, 0.15) is 22.2 Å². The SMILES string of the molecule is CC(=O)c1cc([N+](=O)[O-])ccc1N(C)CCc1cccs1. The van der Waals surface area contributed by atoms with Gasteiger partial charge in [0.25, 0.3) is 5.69 Å². The number of likely N-dealkylation sites (N-methyl/N-ethyl adjacent to an activating group) is 1. The van der Waals surface area contributed by atoms with Crippen LogP contribution in [-0.4, -0.2) is 24.3 Å². The summed E-state index contributed by atoms with van der Waals surface area (Å²) in [5, 5.41) is 12.9. The van der Waals surface area contributed by atoms with Crippen LogP contribution in [0.25, 0.3) is 0 Å². The molecule has 21 heavy (non-hydrogen) atoms. The van der Waals surface area contributed by atoms with Crippen LogP contribution in [0.5, 0.6) is 0 Å². The van der Waals surface area contributed by atoms with Crippen molar-refractivity contribution in [3.05, 3.63) is 56.3 Å². The number of nitro benzene ring substituents is 1. The molecule has 6 heteroatoms. The molecular formula is C15H16N2O3S. The number of carbonyl (C=O) groups excluding carboxylic acids is 1. The molecule has 2 rings (SSSR count). The predicted octanol–water partition coefficient (Wildman–Crippen LogP) is 3.54. The van der Waals surface area contributed by atoms with E-state index < -0.39 is 4.92 Å². The maximum Gasteiger partial charge on any atom is 0.270 e. The minimum absolute atomic E-state index is 0.0596. The fraction of sp³-hybridized carbons (Fsp3) is 0.267. The van der Waals surface area contributed by atoms with Crippen molar-refractivity contribution in [1.29, 1.82) is 0 Å². The van der Waals surface area contributed by atoms with E-state index in [2.05, 4.69) is 6.07 Å². The standard InChI is InChI=1S/C15H16N2O3S/c1-11(18)14-10-12(17(19)20)5-6-15(14)16(2)8-7-13-4-3-9-21-13/h3-6,9-10H,7-8H2,1-2H3. The second-order valence-corrected chi connectivity index (χ2v) is 5.80. The average Bonchev–Trinajstić information content (AvgIpc) is 2.97. The molecule has 0 fully saturated rings. The summed E-state index contributed by atoms with van der Waals surface area (Å²) in [7, 11) is 1.89. The first kappa shape index (κ1) is 15.2. The van der Waals surface area contributed by atoms with Gasteiger partial charge in [0.1, 0.15) is 0 Å². The summed E-state index contributed by atoms with van der Waals surface area (Å²) < 4.78 is 0. The molecule has 0 atom stereocenters. The zero-order chi connectivity index (χ0) is 15.4. The second kappa shape index (κ2) is 6.49. The Morgan fingerprint density at radius 1 is 1.38 bits per heavy atom. The number of nitrogens with zero attached hydrogens (tertiary/aromatic N) is 2. The Morgan fingerprint density at radius 2 is 2.14 bits per heavy atom. The van der Waals surface area contributed by atoms with Crippen molar-refractivity contribution in [2.24, 2.45) is 0 Å². The van der Waals surface area contributed by atoms with E-state index in [-0.39, 0.29) is 11.5 Å². The number of benzene rings is 1. The van der Waals surface area contributed by atoms with Crippen molar-refractivity contribution >= 4 is 28.5 Å². The Kier molecular flexibility index (Phi) is 4.70. The van der Waals surface area contributed by atoms with E-state index in [1.807, 2.05) is 23.4 Å². The number of non-ortho nitro benzene ring substituents is 1. The van der Waals surface area contributed by atoms with E-state index in [9.17, 15) is 14.9 Å². The number of anilines is 1. The Balaban J connectivity index is 2.21. The number of carbonyl (C=O) groups is 1. The smallest absolute Gasteiger partial charge is 0.270 e. The van der Waals surface area contributed by atoms with Crippen molar-refractivity contribution in [2.45, 2.75) is 13.3 Å². The third-order valence-electron chi connectivity index (χ3n) is 3.26. The lowest BCUT2D eigenvalue weighted by Crippen LogP contribution is -2.22. The highest BCUT2D eigenvalue weighted by Crippen LogP contribution is 2.25. The molecule has 0 saturated heterocycles. The van der Waals surface area contributed by atoms with Crippen molar-refractivity contribution < 1.29 is 9.72 Å². The molecule has 0 saturated carbocycles. The van der Waals surface area contributed by atoms with Gasteiger partial charge in [0.2, 0.25) is 0 Å². The Labute approximate surface area is 127 Å². The van der Waals surface area contributed by atoms with Gasteiger partial charge in [-0.2, -0.15) is 0 Å². The molecule has 2 aromatic rings. The molecule has 0 aliphatic heterocycles. The largest absolute Gasteiger partial charge is 0.374 e. The highest BCUT2D eigenvalue weighted by Gasteiger charge is 2.16. The van der Waals surface area contributed by atoms with Crippen LogP contribution in [0.3, 0.4) is 0 Å². The summed E-state index contributed by atoms with van der Waals surface area (Å²) in [5.41, 5.74) is 1.05. The van der Waals surface area contributed by atoms with Gasteiger partial charge in [0.05, 0.1) is 4.92 Å². The summed E-state index contributed by atoms with van der Waals surface area (Å²) >= 11 is 1.69. The van der Waals surface area contributed by atoms with Crippen LogP contribution < -0.4 is 4.90 Å². The number of hydrogen-bond donors (Lipinski definition) is 0. The van der Waals surface area contributed by atoms with E-state index in [1.54, 1.807) is 17.4 Å². The molecule has 0 N–H and O–H groups in total. The molecule has 0 spiro atoms. The second-order valence-electron chi connectivity index (χ2n) is 4.77. The van der Waals surface area contributed by atoms with Crippen molar-refractivity contribution in [1.82, 2.24) is 0 Å². The molecule has 110 valence electrons. The topological polar surface area (TPSA) is 63.4 Å². The van der Waals surface area contributed by atoms with Crippen molar-refractivity contribution in [3.63, 3.8) is 0 Å². The van der Waals surface area contributed by atoms with E-state index in [0.717, 1.165) is 18.7 Å².